The third-order valence-electron chi connectivity index (χ3n) is 3.52. The smallest absolute Gasteiger partial charge is 0.317 e. The maximum atomic E-state index is 12.0. The summed E-state index contributed by atoms with van der Waals surface area (Å²) in [6, 6.07) is 7.90. The van der Waals surface area contributed by atoms with Gasteiger partial charge in [-0.3, -0.25) is 0 Å². The first kappa shape index (κ1) is 14.3. The number of carbonyl (C=O) groups excluding carboxylic acids is 1. The average Bonchev–Trinajstić information content (AvgIpc) is 2.46. The van der Waals surface area contributed by atoms with E-state index in [1.54, 1.807) is 0 Å². The van der Waals surface area contributed by atoms with Gasteiger partial charge in [0.2, 0.25) is 0 Å². The van der Waals surface area contributed by atoms with Gasteiger partial charge in [-0.05, 0) is 36.5 Å². The van der Waals surface area contributed by atoms with Gasteiger partial charge in [0, 0.05) is 30.7 Å². The Bertz CT molecular complexity index is 414. The third-order valence-corrected chi connectivity index (χ3v) is 4.05. The number of halogens is 1. The molecule has 1 fully saturated rings. The van der Waals surface area contributed by atoms with Crippen molar-refractivity contribution in [1.82, 2.24) is 10.2 Å². The van der Waals surface area contributed by atoms with Gasteiger partial charge in [-0.2, -0.15) is 0 Å². The zero-order valence-electron chi connectivity index (χ0n) is 10.8. The number of piperidine rings is 1. The van der Waals surface area contributed by atoms with Gasteiger partial charge in [-0.1, -0.05) is 28.1 Å². The van der Waals surface area contributed by atoms with Crippen molar-refractivity contribution in [1.29, 1.82) is 0 Å². The summed E-state index contributed by atoms with van der Waals surface area (Å²) in [7, 11) is 0. The highest BCUT2D eigenvalue weighted by Crippen LogP contribution is 2.16. The Morgan fingerprint density at radius 2 is 1.95 bits per heavy atom. The summed E-state index contributed by atoms with van der Waals surface area (Å²) < 4.78 is 1.04. The minimum atomic E-state index is -0.0145. The Hall–Kier alpha value is -1.07. The molecule has 1 heterocycles. The number of aliphatic hydroxyl groups is 1. The molecule has 0 unspecified atom stereocenters. The van der Waals surface area contributed by atoms with E-state index in [4.69, 9.17) is 5.11 Å². The normalized spacial score (nSPS) is 16.4. The zero-order chi connectivity index (χ0) is 13.7. The molecule has 1 aromatic rings. The molecule has 2 amide bonds. The maximum Gasteiger partial charge on any atom is 0.317 e. The minimum Gasteiger partial charge on any atom is -0.396 e. The van der Waals surface area contributed by atoms with Crippen LogP contribution in [0.15, 0.2) is 28.7 Å². The molecule has 0 radical (unpaired) electrons. The Balaban J connectivity index is 1.77. The molecule has 0 aliphatic carbocycles. The fourth-order valence-corrected chi connectivity index (χ4v) is 2.47. The second-order valence-electron chi connectivity index (χ2n) is 4.90. The molecule has 2 rings (SSSR count). The molecule has 0 atom stereocenters. The van der Waals surface area contributed by atoms with E-state index in [2.05, 4.69) is 21.2 Å². The lowest BCUT2D eigenvalue weighted by Crippen LogP contribution is -2.44. The number of likely N-dealkylation sites (tertiary alicyclic amines) is 1. The number of carbonyl (C=O) groups is 1. The van der Waals surface area contributed by atoms with Crippen molar-refractivity contribution < 1.29 is 9.90 Å². The summed E-state index contributed by atoms with van der Waals surface area (Å²) >= 11 is 3.38. The van der Waals surface area contributed by atoms with Crippen molar-refractivity contribution in [3.8, 4) is 0 Å². The van der Waals surface area contributed by atoms with Crippen LogP contribution in [0, 0.1) is 5.92 Å². The van der Waals surface area contributed by atoms with Gasteiger partial charge in [-0.15, -0.1) is 0 Å². The van der Waals surface area contributed by atoms with Gasteiger partial charge in [-0.25, -0.2) is 4.79 Å². The largest absolute Gasteiger partial charge is 0.396 e. The number of urea groups is 1. The van der Waals surface area contributed by atoms with Crippen LogP contribution in [0.1, 0.15) is 18.4 Å². The van der Waals surface area contributed by atoms with E-state index in [1.807, 2.05) is 29.2 Å². The number of hydrogen-bond donors (Lipinski definition) is 2. The Morgan fingerprint density at radius 3 is 2.53 bits per heavy atom. The van der Waals surface area contributed by atoms with Gasteiger partial charge in [0.25, 0.3) is 0 Å². The zero-order valence-corrected chi connectivity index (χ0v) is 12.4. The molecular weight excluding hydrogens is 308 g/mol. The van der Waals surface area contributed by atoms with Crippen LogP contribution in [0.3, 0.4) is 0 Å². The van der Waals surface area contributed by atoms with E-state index >= 15 is 0 Å². The van der Waals surface area contributed by atoms with Crippen LogP contribution in [-0.4, -0.2) is 35.7 Å². The number of hydrogen-bond acceptors (Lipinski definition) is 2. The minimum absolute atomic E-state index is 0.0145. The second-order valence-corrected chi connectivity index (χ2v) is 5.81. The summed E-state index contributed by atoms with van der Waals surface area (Å²) in [5.74, 6) is 0.357. The molecule has 19 heavy (non-hydrogen) atoms. The Kier molecular flexibility index (Phi) is 5.22. The fraction of sp³-hybridized carbons (Fsp3) is 0.500. The highest BCUT2D eigenvalue weighted by atomic mass is 79.9. The molecule has 5 heteroatoms. The van der Waals surface area contributed by atoms with Crippen LogP contribution in [0.4, 0.5) is 4.79 Å². The third kappa shape index (κ3) is 4.21. The van der Waals surface area contributed by atoms with Crippen molar-refractivity contribution in [2.24, 2.45) is 5.92 Å². The average molecular weight is 327 g/mol. The van der Waals surface area contributed by atoms with Crippen LogP contribution < -0.4 is 5.32 Å². The second kappa shape index (κ2) is 6.91. The molecule has 2 N–H and O–H groups in total. The quantitative estimate of drug-likeness (QED) is 0.895. The van der Waals surface area contributed by atoms with E-state index in [1.165, 1.54) is 0 Å². The van der Waals surface area contributed by atoms with E-state index in [9.17, 15) is 4.79 Å². The molecule has 1 aliphatic heterocycles. The number of aliphatic hydroxyl groups excluding tert-OH is 1. The summed E-state index contributed by atoms with van der Waals surface area (Å²) in [6.45, 7) is 2.25. The number of nitrogens with one attached hydrogen (secondary N) is 1. The first-order valence-electron chi connectivity index (χ1n) is 6.57. The van der Waals surface area contributed by atoms with Crippen LogP contribution in [0.2, 0.25) is 0 Å². The van der Waals surface area contributed by atoms with Gasteiger partial charge < -0.3 is 15.3 Å². The molecule has 1 saturated heterocycles. The monoisotopic (exact) mass is 326 g/mol. The van der Waals surface area contributed by atoms with Crippen LogP contribution in [0.5, 0.6) is 0 Å². The van der Waals surface area contributed by atoms with Crippen LogP contribution in [0.25, 0.3) is 0 Å². The molecule has 1 aliphatic rings. The van der Waals surface area contributed by atoms with E-state index in [0.717, 1.165) is 36.0 Å². The van der Waals surface area contributed by atoms with E-state index < -0.39 is 0 Å². The lowest BCUT2D eigenvalue weighted by Gasteiger charge is -2.31. The van der Waals surface area contributed by atoms with Gasteiger partial charge in [0.15, 0.2) is 0 Å². The van der Waals surface area contributed by atoms with Gasteiger partial charge >= 0.3 is 6.03 Å². The Morgan fingerprint density at radius 1 is 1.32 bits per heavy atom. The summed E-state index contributed by atoms with van der Waals surface area (Å²) in [4.78, 5) is 13.8. The number of benzene rings is 1. The number of nitrogens with zero attached hydrogens (tertiary/aromatic N) is 1. The van der Waals surface area contributed by atoms with Crippen molar-refractivity contribution in [3.05, 3.63) is 34.3 Å². The van der Waals surface area contributed by atoms with Crippen LogP contribution >= 0.6 is 15.9 Å². The topological polar surface area (TPSA) is 52.6 Å². The fourth-order valence-electron chi connectivity index (χ4n) is 2.21. The predicted molar refractivity (Wildman–Crippen MR) is 77.8 cm³/mol. The SMILES string of the molecule is O=C(NCc1ccc(Br)cc1)N1CCC(CO)CC1. The Labute approximate surface area is 121 Å². The summed E-state index contributed by atoms with van der Waals surface area (Å²) in [6.07, 6.45) is 1.78. The van der Waals surface area contributed by atoms with Gasteiger partial charge in [0.05, 0.1) is 0 Å². The van der Waals surface area contributed by atoms with Gasteiger partial charge in [0.1, 0.15) is 0 Å². The van der Waals surface area contributed by atoms with Crippen LogP contribution in [-0.2, 0) is 6.54 Å². The van der Waals surface area contributed by atoms with Crippen molar-refractivity contribution in [2.45, 2.75) is 19.4 Å². The van der Waals surface area contributed by atoms with Crippen molar-refractivity contribution in [2.75, 3.05) is 19.7 Å². The summed E-state index contributed by atoms with van der Waals surface area (Å²) in [5.41, 5.74) is 1.08. The highest BCUT2D eigenvalue weighted by molar-refractivity contribution is 9.10. The molecular formula is C14H19BrN2O2. The lowest BCUT2D eigenvalue weighted by atomic mass is 9.98. The standard InChI is InChI=1S/C14H19BrN2O2/c15-13-3-1-11(2-4-13)9-16-14(19)17-7-5-12(10-18)6-8-17/h1-4,12,18H,5-10H2,(H,16,19). The lowest BCUT2D eigenvalue weighted by molar-refractivity contribution is 0.137. The molecule has 1 aromatic carbocycles. The number of rotatable bonds is 3. The first-order valence-corrected chi connectivity index (χ1v) is 7.36. The molecule has 0 spiro atoms. The van der Waals surface area contributed by atoms with Crippen molar-refractivity contribution in [3.63, 3.8) is 0 Å². The molecule has 4 nitrogen and oxygen atoms in total. The molecule has 0 saturated carbocycles. The molecule has 0 aromatic heterocycles. The maximum absolute atomic E-state index is 12.0. The van der Waals surface area contributed by atoms with E-state index in [-0.39, 0.29) is 12.6 Å². The first-order chi connectivity index (χ1) is 9.19. The highest BCUT2D eigenvalue weighted by Gasteiger charge is 2.21. The predicted octanol–water partition coefficient (Wildman–Crippen LogP) is 2.36. The number of amides is 2. The van der Waals surface area contributed by atoms with E-state index in [0.29, 0.717) is 12.5 Å². The summed E-state index contributed by atoms with van der Waals surface area (Å²) in [5, 5.41) is 12.0. The molecule has 0 bridgehead atoms. The van der Waals surface area contributed by atoms with Crippen molar-refractivity contribution >= 4 is 22.0 Å². The molecule has 104 valence electrons.